The molecule has 0 spiro atoms. The highest BCUT2D eigenvalue weighted by molar-refractivity contribution is 5.81. The molecule has 1 aliphatic rings. The number of halogens is 1. The fraction of sp³-hybridized carbons (Fsp3) is 0.121. The summed E-state index contributed by atoms with van der Waals surface area (Å²) in [6.45, 7) is 0.0734. The molecule has 6 rings (SSSR count). The predicted molar refractivity (Wildman–Crippen MR) is 152 cm³/mol. The summed E-state index contributed by atoms with van der Waals surface area (Å²) in [5.74, 6) is -1.72. The van der Waals surface area contributed by atoms with Crippen LogP contribution in [0.25, 0.3) is 28.1 Å². The van der Waals surface area contributed by atoms with Crippen molar-refractivity contribution in [1.29, 1.82) is 0 Å². The molecule has 1 heterocycles. The van der Waals surface area contributed by atoms with Crippen LogP contribution >= 0.6 is 0 Å². The summed E-state index contributed by atoms with van der Waals surface area (Å²) in [5.41, 5.74) is 6.91. The van der Waals surface area contributed by atoms with E-state index < -0.39 is 18.1 Å². The van der Waals surface area contributed by atoms with Crippen molar-refractivity contribution in [3.8, 4) is 28.1 Å². The van der Waals surface area contributed by atoms with E-state index in [-0.39, 0.29) is 24.8 Å². The first-order chi connectivity index (χ1) is 20.0. The van der Waals surface area contributed by atoms with E-state index in [0.29, 0.717) is 16.9 Å². The van der Waals surface area contributed by atoms with Crippen LogP contribution in [0.4, 0.5) is 9.18 Å². The summed E-state index contributed by atoms with van der Waals surface area (Å²) >= 11 is 0. The Morgan fingerprint density at radius 1 is 0.878 bits per heavy atom. The second-order valence-corrected chi connectivity index (χ2v) is 9.85. The summed E-state index contributed by atoms with van der Waals surface area (Å²) in [6.07, 6.45) is 0.849. The summed E-state index contributed by atoms with van der Waals surface area (Å²) < 4.78 is 20.7. The number of carbonyl (C=O) groups is 2. The second kappa shape index (κ2) is 11.1. The van der Waals surface area contributed by atoms with Gasteiger partial charge in [0.25, 0.3) is 0 Å². The Balaban J connectivity index is 1.21. The topological polar surface area (TPSA) is 93.5 Å². The number of hydrogen-bond donors (Lipinski definition) is 2. The zero-order valence-corrected chi connectivity index (χ0v) is 21.9. The number of carboxylic acids is 1. The molecule has 1 aromatic heterocycles. The van der Waals surface area contributed by atoms with Gasteiger partial charge < -0.3 is 15.2 Å². The number of benzene rings is 4. The van der Waals surface area contributed by atoms with Crippen LogP contribution in [0, 0.1) is 5.82 Å². The molecule has 41 heavy (non-hydrogen) atoms. The van der Waals surface area contributed by atoms with Crippen molar-refractivity contribution in [3.63, 3.8) is 0 Å². The fourth-order valence-corrected chi connectivity index (χ4v) is 5.33. The lowest BCUT2D eigenvalue weighted by Crippen LogP contribution is -2.43. The van der Waals surface area contributed by atoms with Gasteiger partial charge in [-0.25, -0.2) is 18.7 Å². The molecule has 7 nitrogen and oxygen atoms in total. The van der Waals surface area contributed by atoms with E-state index in [0.717, 1.165) is 27.8 Å². The number of nitrogens with zero attached hydrogens (tertiary/aromatic N) is 2. The van der Waals surface area contributed by atoms with Gasteiger partial charge in [0, 0.05) is 29.7 Å². The molecule has 0 radical (unpaired) electrons. The van der Waals surface area contributed by atoms with Gasteiger partial charge in [0.1, 0.15) is 18.5 Å². The van der Waals surface area contributed by atoms with E-state index in [1.54, 1.807) is 23.0 Å². The minimum absolute atomic E-state index is 0.0368. The largest absolute Gasteiger partial charge is 0.480 e. The molecule has 0 bridgehead atoms. The van der Waals surface area contributed by atoms with Gasteiger partial charge in [0.05, 0.1) is 11.4 Å². The molecule has 0 saturated heterocycles. The molecule has 1 atom stereocenters. The number of amides is 1. The highest BCUT2D eigenvalue weighted by atomic mass is 19.1. The number of alkyl carbamates (subject to hydrolysis) is 1. The third-order valence-electron chi connectivity index (χ3n) is 7.29. The molecule has 8 heteroatoms. The van der Waals surface area contributed by atoms with Crippen LogP contribution in [0.3, 0.4) is 0 Å². The molecule has 0 saturated carbocycles. The minimum atomic E-state index is -1.26. The molecule has 0 aliphatic heterocycles. The van der Waals surface area contributed by atoms with Crippen LogP contribution in [-0.4, -0.2) is 39.6 Å². The third-order valence-corrected chi connectivity index (χ3v) is 7.29. The predicted octanol–water partition coefficient (Wildman–Crippen LogP) is 6.21. The highest BCUT2D eigenvalue weighted by Crippen LogP contribution is 2.44. The zero-order valence-electron chi connectivity index (χ0n) is 21.9. The molecule has 0 fully saturated rings. The second-order valence-electron chi connectivity index (χ2n) is 9.85. The van der Waals surface area contributed by atoms with E-state index in [1.807, 2.05) is 78.9 Å². The number of nitrogens with one attached hydrogen (secondary N) is 1. The monoisotopic (exact) mass is 547 g/mol. The van der Waals surface area contributed by atoms with Gasteiger partial charge in [-0.15, -0.1) is 0 Å². The lowest BCUT2D eigenvalue weighted by atomic mass is 9.98. The maximum Gasteiger partial charge on any atom is 0.407 e. The summed E-state index contributed by atoms with van der Waals surface area (Å²) in [4.78, 5) is 25.1. The van der Waals surface area contributed by atoms with Crippen molar-refractivity contribution in [2.45, 2.75) is 18.4 Å². The van der Waals surface area contributed by atoms with E-state index in [9.17, 15) is 19.1 Å². The van der Waals surface area contributed by atoms with Crippen molar-refractivity contribution in [1.82, 2.24) is 15.1 Å². The Hall–Kier alpha value is -5.24. The Kier molecular flexibility index (Phi) is 7.04. The SMILES string of the molecule is O=C(NC(Cc1cn(-c2ccc(F)cc2)nc1-c1ccccc1)C(=O)O)OCC1c2ccccc2-c2ccccc21. The van der Waals surface area contributed by atoms with Crippen LogP contribution in [0.1, 0.15) is 22.6 Å². The number of fused-ring (bicyclic) bond motifs is 3. The van der Waals surface area contributed by atoms with Crippen molar-refractivity contribution in [2.24, 2.45) is 0 Å². The molecule has 1 unspecified atom stereocenters. The van der Waals surface area contributed by atoms with Crippen LogP contribution in [0.5, 0.6) is 0 Å². The lowest BCUT2D eigenvalue weighted by molar-refractivity contribution is -0.139. The number of ether oxygens (including phenoxy) is 1. The van der Waals surface area contributed by atoms with Crippen LogP contribution in [0.15, 0.2) is 109 Å². The molecule has 4 aromatic carbocycles. The first-order valence-corrected chi connectivity index (χ1v) is 13.2. The molecule has 1 aliphatic carbocycles. The Morgan fingerprint density at radius 3 is 2.12 bits per heavy atom. The Morgan fingerprint density at radius 2 is 1.49 bits per heavy atom. The van der Waals surface area contributed by atoms with Gasteiger partial charge in [-0.3, -0.25) is 0 Å². The summed E-state index contributed by atoms with van der Waals surface area (Å²) in [5, 5.41) is 17.2. The smallest absolute Gasteiger partial charge is 0.407 e. The van der Waals surface area contributed by atoms with Gasteiger partial charge in [0.2, 0.25) is 0 Å². The molecule has 204 valence electrons. The number of aromatic nitrogens is 2. The van der Waals surface area contributed by atoms with E-state index in [4.69, 9.17) is 4.74 Å². The summed E-state index contributed by atoms with van der Waals surface area (Å²) in [7, 11) is 0. The van der Waals surface area contributed by atoms with Gasteiger partial charge in [-0.05, 0) is 46.5 Å². The van der Waals surface area contributed by atoms with E-state index in [2.05, 4.69) is 10.4 Å². The lowest BCUT2D eigenvalue weighted by Gasteiger charge is -2.17. The van der Waals surface area contributed by atoms with Crippen molar-refractivity contribution in [3.05, 3.63) is 132 Å². The van der Waals surface area contributed by atoms with Crippen molar-refractivity contribution >= 4 is 12.1 Å². The highest BCUT2D eigenvalue weighted by Gasteiger charge is 2.30. The quantitative estimate of drug-likeness (QED) is 0.241. The Labute approximate surface area is 235 Å². The van der Waals surface area contributed by atoms with Crippen molar-refractivity contribution < 1.29 is 23.8 Å². The molecular weight excluding hydrogens is 521 g/mol. The van der Waals surface area contributed by atoms with Gasteiger partial charge in [-0.1, -0.05) is 78.9 Å². The fourth-order valence-electron chi connectivity index (χ4n) is 5.33. The van der Waals surface area contributed by atoms with Crippen LogP contribution in [-0.2, 0) is 16.0 Å². The van der Waals surface area contributed by atoms with Gasteiger partial charge >= 0.3 is 12.1 Å². The van der Waals surface area contributed by atoms with Gasteiger partial charge in [-0.2, -0.15) is 5.10 Å². The van der Waals surface area contributed by atoms with E-state index in [1.165, 1.54) is 12.1 Å². The van der Waals surface area contributed by atoms with Crippen molar-refractivity contribution in [2.75, 3.05) is 6.61 Å². The number of aliphatic carboxylic acids is 1. The maximum absolute atomic E-state index is 13.5. The first kappa shape index (κ1) is 26.0. The maximum atomic E-state index is 13.5. The molecule has 1 amide bonds. The summed E-state index contributed by atoms with van der Waals surface area (Å²) in [6, 6.07) is 29.9. The molecule has 5 aromatic rings. The number of hydrogen-bond acceptors (Lipinski definition) is 4. The Bertz CT molecular complexity index is 1670. The average molecular weight is 548 g/mol. The van der Waals surface area contributed by atoms with Crippen LogP contribution in [0.2, 0.25) is 0 Å². The van der Waals surface area contributed by atoms with E-state index >= 15 is 0 Å². The molecule has 2 N–H and O–H groups in total. The average Bonchev–Trinajstić information content (AvgIpc) is 3.56. The third kappa shape index (κ3) is 5.32. The standard InChI is InChI=1S/C33H26FN3O4/c34-23-14-16-24(17-15-23)37-19-22(31(36-37)21-8-2-1-3-9-21)18-30(32(38)39)35-33(40)41-20-29-27-12-6-4-10-25(27)26-11-5-7-13-28(26)29/h1-17,19,29-30H,18,20H2,(H,35,40)(H,38,39). The number of rotatable bonds is 8. The van der Waals surface area contributed by atoms with Gasteiger partial charge in [0.15, 0.2) is 0 Å². The number of carboxylic acid groups (broad SMARTS) is 1. The number of carbonyl (C=O) groups excluding carboxylic acids is 1. The zero-order chi connectivity index (χ0) is 28.3. The minimum Gasteiger partial charge on any atom is -0.480 e. The molecular formula is C33H26FN3O4. The normalized spacial score (nSPS) is 12.8. The van der Waals surface area contributed by atoms with Crippen LogP contribution < -0.4 is 5.32 Å². The first-order valence-electron chi connectivity index (χ1n) is 13.2.